The Morgan fingerprint density at radius 2 is 1.93 bits per heavy atom. The molecule has 0 spiro atoms. The van der Waals surface area contributed by atoms with Gasteiger partial charge in [-0.1, -0.05) is 18.5 Å². The number of carbonyl (C=O) groups excluding carboxylic acids is 1. The molecule has 5 nitrogen and oxygen atoms in total. The minimum absolute atomic E-state index is 0.0890. The van der Waals surface area contributed by atoms with Crippen LogP contribution in [0.3, 0.4) is 0 Å². The number of nitrogens with zero attached hydrogens (tertiary/aromatic N) is 3. The van der Waals surface area contributed by atoms with Gasteiger partial charge in [0.25, 0.3) is 0 Å². The number of anilines is 1. The van der Waals surface area contributed by atoms with E-state index in [1.165, 1.54) is 5.69 Å². The Kier molecular flexibility index (Phi) is 6.34. The second-order valence-corrected chi connectivity index (χ2v) is 8.77. The minimum Gasteiger partial charge on any atom is -0.368 e. The Morgan fingerprint density at radius 1 is 1.22 bits per heavy atom. The Bertz CT molecular complexity index is 670. The zero-order chi connectivity index (χ0) is 19.6. The molecule has 0 aromatic heterocycles. The Hall–Kier alpha value is -1.30. The summed E-state index contributed by atoms with van der Waals surface area (Å²) in [6, 6.07) is 6.07. The standard InChI is InChI=1S/C21H33ClN4O/c1-5-21(3,4)26-9-8-23-19(15-26)20(27)25-12-10-24(11-13-25)17-6-7-18(22)16(2)14-17/h6-7,14,19,23H,5,8-13,15H2,1-4H3. The Labute approximate surface area is 168 Å². The average molecular weight is 393 g/mol. The molecule has 2 saturated heterocycles. The SMILES string of the molecule is CCC(C)(C)N1CCNC(C(=O)N2CCN(c3ccc(Cl)c(C)c3)CC2)C1. The van der Waals surface area contributed by atoms with Crippen LogP contribution < -0.4 is 10.2 Å². The number of piperazine rings is 2. The van der Waals surface area contributed by atoms with Gasteiger partial charge in [0, 0.05) is 62.1 Å². The van der Waals surface area contributed by atoms with Gasteiger partial charge in [0.15, 0.2) is 0 Å². The molecule has 6 heteroatoms. The highest BCUT2D eigenvalue weighted by molar-refractivity contribution is 6.31. The van der Waals surface area contributed by atoms with Crippen LogP contribution in [-0.2, 0) is 4.79 Å². The van der Waals surface area contributed by atoms with Crippen LogP contribution in [0, 0.1) is 6.92 Å². The minimum atomic E-state index is -0.0890. The van der Waals surface area contributed by atoms with E-state index in [0.717, 1.165) is 62.8 Å². The highest BCUT2D eigenvalue weighted by Gasteiger charge is 2.35. The first-order valence-electron chi connectivity index (χ1n) is 10.1. The number of aryl methyl sites for hydroxylation is 1. The largest absolute Gasteiger partial charge is 0.368 e. The molecule has 1 N–H and O–H groups in total. The van der Waals surface area contributed by atoms with E-state index in [2.05, 4.69) is 48.0 Å². The van der Waals surface area contributed by atoms with Crippen LogP contribution in [0.1, 0.15) is 32.8 Å². The second kappa shape index (κ2) is 8.38. The summed E-state index contributed by atoms with van der Waals surface area (Å²) in [5.74, 6) is 0.249. The number of halogens is 1. The van der Waals surface area contributed by atoms with Gasteiger partial charge in [-0.15, -0.1) is 0 Å². The first-order chi connectivity index (χ1) is 12.8. The van der Waals surface area contributed by atoms with Crippen LogP contribution in [-0.4, -0.2) is 73.1 Å². The van der Waals surface area contributed by atoms with E-state index in [1.807, 2.05) is 17.9 Å². The van der Waals surface area contributed by atoms with Crippen LogP contribution in [0.4, 0.5) is 5.69 Å². The third kappa shape index (κ3) is 4.58. The molecule has 150 valence electrons. The van der Waals surface area contributed by atoms with Crippen LogP contribution in [0.15, 0.2) is 18.2 Å². The summed E-state index contributed by atoms with van der Waals surface area (Å²) in [4.78, 5) is 19.9. The lowest BCUT2D eigenvalue weighted by atomic mass is 9.97. The van der Waals surface area contributed by atoms with E-state index in [1.54, 1.807) is 0 Å². The monoisotopic (exact) mass is 392 g/mol. The smallest absolute Gasteiger partial charge is 0.241 e. The van der Waals surface area contributed by atoms with Crippen molar-refractivity contribution in [2.24, 2.45) is 0 Å². The average Bonchev–Trinajstić information content (AvgIpc) is 2.70. The van der Waals surface area contributed by atoms with E-state index in [0.29, 0.717) is 0 Å². The summed E-state index contributed by atoms with van der Waals surface area (Å²) in [6.45, 7) is 14.8. The lowest BCUT2D eigenvalue weighted by Crippen LogP contribution is -2.63. The third-order valence-corrected chi connectivity index (χ3v) is 6.72. The number of benzene rings is 1. The van der Waals surface area contributed by atoms with Crippen molar-refractivity contribution < 1.29 is 4.79 Å². The highest BCUT2D eigenvalue weighted by Crippen LogP contribution is 2.24. The summed E-state index contributed by atoms with van der Waals surface area (Å²) in [6.07, 6.45) is 1.09. The van der Waals surface area contributed by atoms with Crippen LogP contribution in [0.2, 0.25) is 5.02 Å². The maximum Gasteiger partial charge on any atom is 0.241 e. The number of nitrogens with one attached hydrogen (secondary N) is 1. The fourth-order valence-corrected chi connectivity index (χ4v) is 4.04. The van der Waals surface area contributed by atoms with Crippen LogP contribution >= 0.6 is 11.6 Å². The van der Waals surface area contributed by atoms with E-state index in [9.17, 15) is 4.79 Å². The van der Waals surface area contributed by atoms with Crippen molar-refractivity contribution in [1.29, 1.82) is 0 Å². The van der Waals surface area contributed by atoms with Crippen LogP contribution in [0.25, 0.3) is 0 Å². The number of hydrogen-bond donors (Lipinski definition) is 1. The molecule has 2 aliphatic heterocycles. The Balaban J connectivity index is 1.57. The van der Waals surface area contributed by atoms with E-state index in [4.69, 9.17) is 11.6 Å². The molecule has 0 radical (unpaired) electrons. The number of hydrogen-bond acceptors (Lipinski definition) is 4. The lowest BCUT2D eigenvalue weighted by Gasteiger charge is -2.45. The van der Waals surface area contributed by atoms with Crippen molar-refractivity contribution >= 4 is 23.2 Å². The highest BCUT2D eigenvalue weighted by atomic mass is 35.5. The van der Waals surface area contributed by atoms with E-state index >= 15 is 0 Å². The molecule has 0 bridgehead atoms. The third-order valence-electron chi connectivity index (χ3n) is 6.29. The summed E-state index contributed by atoms with van der Waals surface area (Å²) in [5, 5.41) is 4.24. The van der Waals surface area contributed by atoms with Gasteiger partial charge >= 0.3 is 0 Å². The molecular formula is C21H33ClN4O. The molecule has 0 saturated carbocycles. The van der Waals surface area contributed by atoms with Crippen LogP contribution in [0.5, 0.6) is 0 Å². The molecule has 2 fully saturated rings. The fourth-order valence-electron chi connectivity index (χ4n) is 3.92. The molecule has 2 aliphatic rings. The summed E-state index contributed by atoms with van der Waals surface area (Å²) < 4.78 is 0. The van der Waals surface area contributed by atoms with Gasteiger partial charge in [-0.2, -0.15) is 0 Å². The van der Waals surface area contributed by atoms with Crippen molar-refractivity contribution in [3.8, 4) is 0 Å². The van der Waals surface area contributed by atoms with Gasteiger partial charge in [0.05, 0.1) is 6.04 Å². The number of carbonyl (C=O) groups is 1. The number of amides is 1. The van der Waals surface area contributed by atoms with Gasteiger partial charge < -0.3 is 15.1 Å². The molecule has 2 heterocycles. The van der Waals surface area contributed by atoms with E-state index < -0.39 is 0 Å². The zero-order valence-electron chi connectivity index (χ0n) is 17.1. The van der Waals surface area contributed by atoms with Crippen molar-refractivity contribution in [2.75, 3.05) is 50.7 Å². The maximum absolute atomic E-state index is 13.1. The van der Waals surface area contributed by atoms with Gasteiger partial charge in [-0.05, 0) is 51.0 Å². The molecule has 1 aromatic rings. The summed E-state index contributed by atoms with van der Waals surface area (Å²) in [7, 11) is 0. The van der Waals surface area contributed by atoms with Crippen molar-refractivity contribution in [3.05, 3.63) is 28.8 Å². The van der Waals surface area contributed by atoms with Gasteiger partial charge in [-0.25, -0.2) is 0 Å². The normalized spacial score (nSPS) is 22.2. The maximum atomic E-state index is 13.1. The fraction of sp³-hybridized carbons (Fsp3) is 0.667. The molecule has 0 aliphatic carbocycles. The van der Waals surface area contributed by atoms with Crippen molar-refractivity contribution in [2.45, 2.75) is 45.7 Å². The molecule has 27 heavy (non-hydrogen) atoms. The first kappa shape index (κ1) is 20.4. The summed E-state index contributed by atoms with van der Waals surface area (Å²) in [5.41, 5.74) is 2.43. The zero-order valence-corrected chi connectivity index (χ0v) is 17.9. The predicted molar refractivity (Wildman–Crippen MR) is 113 cm³/mol. The van der Waals surface area contributed by atoms with E-state index in [-0.39, 0.29) is 17.5 Å². The predicted octanol–water partition coefficient (Wildman–Crippen LogP) is 2.76. The molecular weight excluding hydrogens is 360 g/mol. The molecule has 1 unspecified atom stereocenters. The number of rotatable bonds is 4. The molecule has 1 atom stereocenters. The molecule has 3 rings (SSSR count). The van der Waals surface area contributed by atoms with Crippen molar-refractivity contribution in [1.82, 2.24) is 15.1 Å². The van der Waals surface area contributed by atoms with Gasteiger partial charge in [0.2, 0.25) is 5.91 Å². The molecule has 1 aromatic carbocycles. The first-order valence-corrected chi connectivity index (χ1v) is 10.5. The quantitative estimate of drug-likeness (QED) is 0.855. The topological polar surface area (TPSA) is 38.8 Å². The Morgan fingerprint density at radius 3 is 2.56 bits per heavy atom. The van der Waals surface area contributed by atoms with Gasteiger partial charge in [0.1, 0.15) is 0 Å². The van der Waals surface area contributed by atoms with Gasteiger partial charge in [-0.3, -0.25) is 9.69 Å². The second-order valence-electron chi connectivity index (χ2n) is 8.36. The van der Waals surface area contributed by atoms with Crippen molar-refractivity contribution in [3.63, 3.8) is 0 Å². The lowest BCUT2D eigenvalue weighted by molar-refractivity contribution is -0.135. The summed E-state index contributed by atoms with van der Waals surface area (Å²) >= 11 is 6.14. The molecule has 1 amide bonds.